The third-order valence-corrected chi connectivity index (χ3v) is 3.77. The van der Waals surface area contributed by atoms with Crippen LogP contribution < -0.4 is 10.5 Å². The van der Waals surface area contributed by atoms with E-state index >= 15 is 0 Å². The summed E-state index contributed by atoms with van der Waals surface area (Å²) in [6.45, 7) is 1.97. The Labute approximate surface area is 102 Å². The molecule has 0 bridgehead atoms. The van der Waals surface area contributed by atoms with Gasteiger partial charge in [0.2, 0.25) is 0 Å². The second-order valence-electron chi connectivity index (χ2n) is 4.77. The monoisotopic (exact) mass is 239 g/mol. The molecule has 0 aromatic heterocycles. The van der Waals surface area contributed by atoms with Crippen molar-refractivity contribution in [3.8, 4) is 5.75 Å². The first-order valence-corrected chi connectivity index (χ1v) is 6.04. The zero-order chi connectivity index (χ0) is 11.8. The van der Waals surface area contributed by atoms with Crippen LogP contribution in [-0.4, -0.2) is 12.6 Å². The molecule has 1 aliphatic rings. The van der Waals surface area contributed by atoms with E-state index in [0.717, 1.165) is 42.0 Å². The van der Waals surface area contributed by atoms with E-state index in [0.29, 0.717) is 0 Å². The van der Waals surface area contributed by atoms with E-state index in [1.807, 2.05) is 13.0 Å². The van der Waals surface area contributed by atoms with Crippen LogP contribution >= 0.6 is 11.6 Å². The highest BCUT2D eigenvalue weighted by molar-refractivity contribution is 6.31. The Morgan fingerprint density at radius 3 is 2.69 bits per heavy atom. The average Bonchev–Trinajstić information content (AvgIpc) is 2.99. The van der Waals surface area contributed by atoms with Crippen LogP contribution in [0.4, 0.5) is 0 Å². The van der Waals surface area contributed by atoms with Gasteiger partial charge >= 0.3 is 0 Å². The van der Waals surface area contributed by atoms with Crippen LogP contribution in [0.5, 0.6) is 5.75 Å². The zero-order valence-corrected chi connectivity index (χ0v) is 10.6. The van der Waals surface area contributed by atoms with Crippen molar-refractivity contribution in [1.29, 1.82) is 0 Å². The van der Waals surface area contributed by atoms with E-state index in [1.165, 1.54) is 5.56 Å². The predicted octanol–water partition coefficient (Wildman–Crippen LogP) is 3.08. The number of benzene rings is 1. The van der Waals surface area contributed by atoms with Gasteiger partial charge in [0.15, 0.2) is 0 Å². The number of ether oxygens (including phenoxy) is 1. The highest BCUT2D eigenvalue weighted by Crippen LogP contribution is 2.37. The number of rotatable bonds is 4. The molecule has 1 saturated carbocycles. The maximum atomic E-state index is 6.15. The number of methoxy groups -OCH3 is 1. The summed E-state index contributed by atoms with van der Waals surface area (Å²) in [5.74, 6) is 0.865. The molecule has 3 heteroatoms. The Morgan fingerprint density at radius 1 is 1.44 bits per heavy atom. The Kier molecular flexibility index (Phi) is 3.13. The van der Waals surface area contributed by atoms with Gasteiger partial charge in [0.25, 0.3) is 0 Å². The average molecular weight is 240 g/mol. The lowest BCUT2D eigenvalue weighted by Crippen LogP contribution is -2.22. The molecule has 0 spiro atoms. The minimum Gasteiger partial charge on any atom is -0.496 e. The van der Waals surface area contributed by atoms with Crippen LogP contribution in [0.3, 0.4) is 0 Å². The second kappa shape index (κ2) is 4.27. The van der Waals surface area contributed by atoms with Gasteiger partial charge in [0.1, 0.15) is 5.75 Å². The SMILES string of the molecule is COc1cc(CCC2(N)CC2)cc(Cl)c1C. The van der Waals surface area contributed by atoms with Gasteiger partial charge in [0, 0.05) is 16.1 Å². The molecule has 2 rings (SSSR count). The van der Waals surface area contributed by atoms with Gasteiger partial charge in [-0.1, -0.05) is 11.6 Å². The van der Waals surface area contributed by atoms with Crippen LogP contribution in [0, 0.1) is 6.92 Å². The third kappa shape index (κ3) is 2.50. The van der Waals surface area contributed by atoms with Crippen molar-refractivity contribution in [2.45, 2.75) is 38.1 Å². The summed E-state index contributed by atoms with van der Waals surface area (Å²) in [6.07, 6.45) is 4.33. The summed E-state index contributed by atoms with van der Waals surface area (Å²) in [7, 11) is 1.67. The number of nitrogens with two attached hydrogens (primary N) is 1. The fraction of sp³-hybridized carbons (Fsp3) is 0.538. The van der Waals surface area contributed by atoms with Gasteiger partial charge in [-0.2, -0.15) is 0 Å². The molecule has 0 amide bonds. The number of hydrogen-bond acceptors (Lipinski definition) is 2. The van der Waals surface area contributed by atoms with Crippen LogP contribution in [0.1, 0.15) is 30.4 Å². The molecule has 2 nitrogen and oxygen atoms in total. The van der Waals surface area contributed by atoms with E-state index in [4.69, 9.17) is 22.1 Å². The summed E-state index contributed by atoms with van der Waals surface area (Å²) in [4.78, 5) is 0. The van der Waals surface area contributed by atoms with E-state index in [2.05, 4.69) is 6.07 Å². The molecule has 88 valence electrons. The lowest BCUT2D eigenvalue weighted by molar-refractivity contribution is 0.411. The Balaban J connectivity index is 2.11. The predicted molar refractivity (Wildman–Crippen MR) is 67.2 cm³/mol. The molecule has 0 saturated heterocycles. The second-order valence-corrected chi connectivity index (χ2v) is 5.17. The molecule has 0 unspecified atom stereocenters. The molecule has 1 fully saturated rings. The zero-order valence-electron chi connectivity index (χ0n) is 9.85. The van der Waals surface area contributed by atoms with Crippen molar-refractivity contribution in [2.24, 2.45) is 5.73 Å². The number of aryl methyl sites for hydroxylation is 1. The fourth-order valence-corrected chi connectivity index (χ4v) is 2.10. The Hall–Kier alpha value is -0.730. The number of hydrogen-bond donors (Lipinski definition) is 1. The van der Waals surface area contributed by atoms with E-state index < -0.39 is 0 Å². The van der Waals surface area contributed by atoms with Crippen LogP contribution in [0.2, 0.25) is 5.02 Å². The van der Waals surface area contributed by atoms with Gasteiger partial charge in [-0.3, -0.25) is 0 Å². The third-order valence-electron chi connectivity index (χ3n) is 3.38. The molecular weight excluding hydrogens is 222 g/mol. The minimum atomic E-state index is 0.102. The lowest BCUT2D eigenvalue weighted by atomic mass is 10.0. The lowest BCUT2D eigenvalue weighted by Gasteiger charge is -2.12. The van der Waals surface area contributed by atoms with Crippen LogP contribution in [0.25, 0.3) is 0 Å². The first kappa shape index (κ1) is 11.7. The minimum absolute atomic E-state index is 0.102. The summed E-state index contributed by atoms with van der Waals surface area (Å²) in [6, 6.07) is 4.08. The highest BCUT2D eigenvalue weighted by atomic mass is 35.5. The first-order valence-electron chi connectivity index (χ1n) is 5.66. The first-order chi connectivity index (χ1) is 7.54. The number of halogens is 1. The van der Waals surface area contributed by atoms with Gasteiger partial charge < -0.3 is 10.5 Å². The van der Waals surface area contributed by atoms with E-state index in [1.54, 1.807) is 7.11 Å². The van der Waals surface area contributed by atoms with Crippen molar-refractivity contribution in [3.63, 3.8) is 0 Å². The molecule has 0 atom stereocenters. The molecule has 2 N–H and O–H groups in total. The topological polar surface area (TPSA) is 35.2 Å². The summed E-state index contributed by atoms with van der Waals surface area (Å²) in [5, 5.41) is 0.774. The maximum Gasteiger partial charge on any atom is 0.123 e. The van der Waals surface area contributed by atoms with Crippen molar-refractivity contribution in [3.05, 3.63) is 28.3 Å². The quantitative estimate of drug-likeness (QED) is 0.877. The van der Waals surface area contributed by atoms with E-state index in [-0.39, 0.29) is 5.54 Å². The largest absolute Gasteiger partial charge is 0.496 e. The summed E-state index contributed by atoms with van der Waals surface area (Å²) >= 11 is 6.15. The molecule has 1 aromatic rings. The van der Waals surface area contributed by atoms with Crippen LogP contribution in [-0.2, 0) is 6.42 Å². The molecular formula is C13H18ClNO. The van der Waals surface area contributed by atoms with Crippen molar-refractivity contribution in [2.75, 3.05) is 7.11 Å². The molecule has 0 aliphatic heterocycles. The van der Waals surface area contributed by atoms with Gasteiger partial charge in [0.05, 0.1) is 7.11 Å². The Bertz CT molecular complexity index is 399. The standard InChI is InChI=1S/C13H18ClNO/c1-9-11(14)7-10(8-12(9)16-2)3-4-13(15)5-6-13/h7-8H,3-6,15H2,1-2H3. The molecule has 1 aromatic carbocycles. The van der Waals surface area contributed by atoms with E-state index in [9.17, 15) is 0 Å². The summed E-state index contributed by atoms with van der Waals surface area (Å²) < 4.78 is 5.30. The maximum absolute atomic E-state index is 6.15. The molecule has 1 aliphatic carbocycles. The van der Waals surface area contributed by atoms with Gasteiger partial charge in [-0.15, -0.1) is 0 Å². The molecule has 0 radical (unpaired) electrons. The van der Waals surface area contributed by atoms with Crippen molar-refractivity contribution in [1.82, 2.24) is 0 Å². The molecule has 0 heterocycles. The van der Waals surface area contributed by atoms with Crippen LogP contribution in [0.15, 0.2) is 12.1 Å². The smallest absolute Gasteiger partial charge is 0.123 e. The normalized spacial score (nSPS) is 17.2. The van der Waals surface area contributed by atoms with Gasteiger partial charge in [-0.25, -0.2) is 0 Å². The van der Waals surface area contributed by atoms with Crippen molar-refractivity contribution < 1.29 is 4.74 Å². The summed E-state index contributed by atoms with van der Waals surface area (Å²) in [5.41, 5.74) is 8.38. The van der Waals surface area contributed by atoms with Gasteiger partial charge in [-0.05, 0) is 50.3 Å². The highest BCUT2D eigenvalue weighted by Gasteiger charge is 2.37. The van der Waals surface area contributed by atoms with Crippen molar-refractivity contribution >= 4 is 11.6 Å². The Morgan fingerprint density at radius 2 is 2.12 bits per heavy atom. The fourth-order valence-electron chi connectivity index (χ4n) is 1.87. The molecule has 16 heavy (non-hydrogen) atoms.